The summed E-state index contributed by atoms with van der Waals surface area (Å²) in [6.45, 7) is 25.3. The van der Waals surface area contributed by atoms with Gasteiger partial charge in [0.05, 0.1) is 0 Å². The third kappa shape index (κ3) is 15.4. The van der Waals surface area contributed by atoms with Gasteiger partial charge in [-0.1, -0.05) is 150 Å². The molecule has 1 heterocycles. The summed E-state index contributed by atoms with van der Waals surface area (Å²) in [4.78, 5) is 5.01. The van der Waals surface area contributed by atoms with Crippen LogP contribution in [0.15, 0.2) is 164 Å². The van der Waals surface area contributed by atoms with Gasteiger partial charge < -0.3 is 5.32 Å². The fourth-order valence-corrected chi connectivity index (χ4v) is 7.85. The minimum Gasteiger partial charge on any atom is -0.673 e. The quantitative estimate of drug-likeness (QED) is 0.126. The average molecular weight is 846 g/mol. The maximum absolute atomic E-state index is 5.89. The van der Waals surface area contributed by atoms with Crippen molar-refractivity contribution in [1.82, 2.24) is 4.98 Å². The minimum atomic E-state index is -0.441. The van der Waals surface area contributed by atoms with E-state index in [1.54, 1.807) is 0 Å². The zero-order valence-corrected chi connectivity index (χ0v) is 38.5. The summed E-state index contributed by atoms with van der Waals surface area (Å²) in [5.74, 6) is 1.54. The van der Waals surface area contributed by atoms with Gasteiger partial charge in [0.1, 0.15) is 0 Å². The largest absolute Gasteiger partial charge is 4.00 e. The molecular formula is C55H66N2Zr. The molecule has 1 aliphatic carbocycles. The molecule has 0 aliphatic heterocycles. The van der Waals surface area contributed by atoms with Gasteiger partial charge in [0.2, 0.25) is 0 Å². The Bertz CT molecular complexity index is 1840. The third-order valence-electron chi connectivity index (χ3n) is 10.9. The topological polar surface area (TPSA) is 27.0 Å². The molecule has 1 aromatic heterocycles. The molecule has 6 aromatic rings. The fraction of sp³-hybridized carbons (Fsp3) is 0.309. The van der Waals surface area contributed by atoms with Gasteiger partial charge in [0.25, 0.3) is 0 Å². The molecule has 0 bridgehead atoms. The van der Waals surface area contributed by atoms with Crippen LogP contribution in [-0.2, 0) is 38.2 Å². The first-order chi connectivity index (χ1) is 27.4. The number of pyridine rings is 1. The molecule has 58 heavy (non-hydrogen) atoms. The zero-order valence-electron chi connectivity index (χ0n) is 36.1. The summed E-state index contributed by atoms with van der Waals surface area (Å²) in [7, 11) is 0. The summed E-state index contributed by atoms with van der Waals surface area (Å²) in [6.07, 6.45) is 9.16. The van der Waals surface area contributed by atoms with Gasteiger partial charge in [-0.3, -0.25) is 4.98 Å². The molecule has 1 atom stereocenters. The van der Waals surface area contributed by atoms with Crippen molar-refractivity contribution in [3.63, 3.8) is 0 Å². The van der Waals surface area contributed by atoms with Crippen LogP contribution in [0.5, 0.6) is 0 Å². The van der Waals surface area contributed by atoms with Crippen LogP contribution >= 0.6 is 0 Å². The molecule has 7 rings (SSSR count). The first kappa shape index (κ1) is 47.9. The average Bonchev–Trinajstić information content (AvgIpc) is 3.77. The number of rotatable bonds is 10. The van der Waals surface area contributed by atoms with Crippen molar-refractivity contribution in [1.29, 1.82) is 0 Å². The summed E-state index contributed by atoms with van der Waals surface area (Å²) in [6, 6.07) is 53.7. The Morgan fingerprint density at radius 2 is 0.983 bits per heavy atom. The molecule has 0 radical (unpaired) electrons. The number of para-hydroxylation sites is 1. The predicted octanol–water partition coefficient (Wildman–Crippen LogP) is 15.7. The second-order valence-corrected chi connectivity index (χ2v) is 16.7. The maximum Gasteiger partial charge on any atom is 4.00 e. The monoisotopic (exact) mass is 844 g/mol. The molecular weight excluding hydrogens is 780 g/mol. The molecule has 2 nitrogen and oxygen atoms in total. The standard InChI is InChI=1S/C34H45N2.3C7H7.Zr/c1-25(2)29-19-14-20-30(26(3)4)32(29)36-34(31-21-12-13-22-35-31,23-27-15-8-7-9-16-27)24-33(5,6)28-17-10-11-18-28;3*1-7-5-3-2-4-6-7;/h7-9,12-16,19-22,25-26,28H,10-11,17-18,23-24H2,1-6H3;3*2-6H,1H2;/q4*-1;+4. The van der Waals surface area contributed by atoms with Gasteiger partial charge in [-0.05, 0) is 60.1 Å². The van der Waals surface area contributed by atoms with Crippen molar-refractivity contribution in [3.8, 4) is 0 Å². The molecule has 0 spiro atoms. The van der Waals surface area contributed by atoms with Crippen LogP contribution in [0.4, 0.5) is 5.69 Å². The molecule has 0 N–H and O–H groups in total. The third-order valence-corrected chi connectivity index (χ3v) is 10.9. The van der Waals surface area contributed by atoms with Crippen molar-refractivity contribution in [2.24, 2.45) is 11.3 Å². The molecule has 1 fully saturated rings. The van der Waals surface area contributed by atoms with Crippen LogP contribution in [0.2, 0.25) is 0 Å². The number of nitrogens with zero attached hydrogens (tertiary/aromatic N) is 2. The molecule has 1 aliphatic rings. The fourth-order valence-electron chi connectivity index (χ4n) is 7.85. The Kier molecular flexibility index (Phi) is 20.2. The van der Waals surface area contributed by atoms with E-state index in [-0.39, 0.29) is 31.6 Å². The van der Waals surface area contributed by atoms with E-state index in [1.165, 1.54) is 48.1 Å². The van der Waals surface area contributed by atoms with Crippen LogP contribution in [0, 0.1) is 32.1 Å². The van der Waals surface area contributed by atoms with Crippen LogP contribution < -0.4 is 0 Å². The summed E-state index contributed by atoms with van der Waals surface area (Å²) in [5, 5.41) is 5.89. The van der Waals surface area contributed by atoms with Crippen LogP contribution in [0.1, 0.15) is 125 Å². The van der Waals surface area contributed by atoms with Crippen LogP contribution in [-0.4, -0.2) is 4.98 Å². The van der Waals surface area contributed by atoms with E-state index in [0.29, 0.717) is 11.8 Å². The molecule has 1 unspecified atom stereocenters. The number of aromatic nitrogens is 1. The number of hydrogen-bond donors (Lipinski definition) is 0. The second kappa shape index (κ2) is 24.5. The molecule has 5 aromatic carbocycles. The maximum atomic E-state index is 5.89. The Morgan fingerprint density at radius 3 is 1.34 bits per heavy atom. The SMILES string of the molecule is CC(C)c1cccc(C(C)C)c1[N-]C(Cc1ccccc1)(CC(C)(C)C1CCCC1)c1ccccn1.[CH2-]c1ccccc1.[CH2-]c1ccccc1.[CH2-]c1ccccc1.[Zr+4]. The summed E-state index contributed by atoms with van der Waals surface area (Å²) < 4.78 is 0. The Labute approximate surface area is 372 Å². The second-order valence-electron chi connectivity index (χ2n) is 16.7. The molecule has 3 heteroatoms. The normalized spacial score (nSPS) is 13.3. The van der Waals surface area contributed by atoms with Gasteiger partial charge in [-0.25, -0.2) is 0 Å². The van der Waals surface area contributed by atoms with Gasteiger partial charge in [-0.2, -0.15) is 73.9 Å². The van der Waals surface area contributed by atoms with Crippen molar-refractivity contribution in [2.45, 2.75) is 97.4 Å². The van der Waals surface area contributed by atoms with Gasteiger partial charge >= 0.3 is 26.2 Å². The van der Waals surface area contributed by atoms with Crippen molar-refractivity contribution in [3.05, 3.63) is 229 Å². The van der Waals surface area contributed by atoms with Crippen molar-refractivity contribution < 1.29 is 26.2 Å². The van der Waals surface area contributed by atoms with Gasteiger partial charge in [0.15, 0.2) is 0 Å². The summed E-state index contributed by atoms with van der Waals surface area (Å²) >= 11 is 0. The van der Waals surface area contributed by atoms with E-state index >= 15 is 0 Å². The van der Waals surface area contributed by atoms with Crippen molar-refractivity contribution >= 4 is 5.69 Å². The number of hydrogen-bond acceptors (Lipinski definition) is 1. The first-order valence-corrected chi connectivity index (χ1v) is 20.8. The van der Waals surface area contributed by atoms with E-state index in [4.69, 9.17) is 10.3 Å². The van der Waals surface area contributed by atoms with E-state index in [0.717, 1.165) is 41.1 Å². The minimum absolute atomic E-state index is 0. The van der Waals surface area contributed by atoms with E-state index in [1.807, 2.05) is 103 Å². The van der Waals surface area contributed by atoms with Crippen molar-refractivity contribution in [2.75, 3.05) is 0 Å². The zero-order chi connectivity index (χ0) is 41.1. The van der Waals surface area contributed by atoms with E-state index in [2.05, 4.69) is 123 Å². The van der Waals surface area contributed by atoms with E-state index in [9.17, 15) is 0 Å². The first-order valence-electron chi connectivity index (χ1n) is 20.8. The Balaban J connectivity index is 0.000000328. The summed E-state index contributed by atoms with van der Waals surface area (Å²) in [5.41, 5.74) is 9.22. The van der Waals surface area contributed by atoms with Gasteiger partial charge in [0, 0.05) is 11.9 Å². The Morgan fingerprint density at radius 1 is 0.569 bits per heavy atom. The smallest absolute Gasteiger partial charge is 0.673 e. The van der Waals surface area contributed by atoms with Crippen LogP contribution in [0.25, 0.3) is 5.32 Å². The number of benzene rings is 5. The van der Waals surface area contributed by atoms with Gasteiger partial charge in [-0.15, -0.1) is 42.1 Å². The van der Waals surface area contributed by atoms with Crippen LogP contribution in [0.3, 0.4) is 0 Å². The predicted molar refractivity (Wildman–Crippen MR) is 247 cm³/mol. The molecule has 0 saturated heterocycles. The van der Waals surface area contributed by atoms with E-state index < -0.39 is 5.54 Å². The molecule has 0 amide bonds. The molecule has 1 saturated carbocycles. The molecule has 300 valence electrons. The Hall–Kier alpha value is -4.46.